The van der Waals surface area contributed by atoms with E-state index in [1.165, 1.54) is 9.99 Å². The first-order valence-corrected chi connectivity index (χ1v) is 3.75. The van der Waals surface area contributed by atoms with Crippen molar-refractivity contribution < 1.29 is 24.8 Å². The summed E-state index contributed by atoms with van der Waals surface area (Å²) >= 11 is 2.73. The third kappa shape index (κ3) is 4.04. The van der Waals surface area contributed by atoms with Crippen LogP contribution in [0.5, 0.6) is 0 Å². The molecule has 0 aromatic heterocycles. The van der Waals surface area contributed by atoms with Crippen molar-refractivity contribution in [2.45, 2.75) is 13.3 Å². The van der Waals surface area contributed by atoms with Crippen LogP contribution in [0.2, 0.25) is 0 Å². The largest absolute Gasteiger partial charge is 1.00 e. The standard InChI is InChI=1S/C8H9.Al.2ClH/c1-2-8-6-4-3-5-7-8;;;/h3-6H,2H2,1H3;;2*1H/q;+2;;/p-2. The van der Waals surface area contributed by atoms with Gasteiger partial charge >= 0.3 is 63.9 Å². The Bertz CT molecular complexity index is 201. The van der Waals surface area contributed by atoms with Gasteiger partial charge in [0.05, 0.1) is 0 Å². The van der Waals surface area contributed by atoms with Crippen molar-refractivity contribution in [3.05, 3.63) is 29.8 Å². The summed E-state index contributed by atoms with van der Waals surface area (Å²) in [6, 6.07) is 8.40. The van der Waals surface area contributed by atoms with E-state index < -0.39 is 0 Å². The summed E-state index contributed by atoms with van der Waals surface area (Å²) in [4.78, 5) is 0. The van der Waals surface area contributed by atoms with Crippen LogP contribution in [0.3, 0.4) is 0 Å². The Labute approximate surface area is 88.6 Å². The Morgan fingerprint density at radius 3 is 2.09 bits per heavy atom. The van der Waals surface area contributed by atoms with Gasteiger partial charge in [0.1, 0.15) is 0 Å². The first kappa shape index (κ1) is 13.9. The average Bonchev–Trinajstić information content (AvgIpc) is 1.89. The fourth-order valence-electron chi connectivity index (χ4n) is 0.856. The minimum absolute atomic E-state index is 0. The van der Waals surface area contributed by atoms with E-state index in [4.69, 9.17) is 0 Å². The molecule has 1 aromatic rings. The first-order valence-electron chi connectivity index (χ1n) is 3.18. The Morgan fingerprint density at radius 1 is 1.18 bits per heavy atom. The molecule has 0 saturated heterocycles. The van der Waals surface area contributed by atoms with Crippen LogP contribution in [-0.2, 0) is 6.42 Å². The van der Waals surface area contributed by atoms with Gasteiger partial charge in [0.15, 0.2) is 0 Å². The maximum Gasteiger partial charge on any atom is -1.00 e. The molecule has 0 heterocycles. The summed E-state index contributed by atoms with van der Waals surface area (Å²) in [5.41, 5.74) is 1.42. The van der Waals surface area contributed by atoms with E-state index in [0.717, 1.165) is 6.42 Å². The van der Waals surface area contributed by atoms with Crippen molar-refractivity contribution in [2.24, 2.45) is 0 Å². The molecule has 0 unspecified atom stereocenters. The van der Waals surface area contributed by atoms with Gasteiger partial charge in [0.2, 0.25) is 0 Å². The Kier molecular flexibility index (Phi) is 8.85. The predicted molar refractivity (Wildman–Crippen MR) is 41.2 cm³/mol. The van der Waals surface area contributed by atoms with E-state index >= 15 is 0 Å². The molecule has 0 spiro atoms. The molecule has 0 bridgehead atoms. The van der Waals surface area contributed by atoms with Crippen LogP contribution in [-0.4, -0.2) is 16.3 Å². The van der Waals surface area contributed by atoms with Crippen molar-refractivity contribution in [3.8, 4) is 0 Å². The smallest absolute Gasteiger partial charge is 1.00 e. The summed E-state index contributed by atoms with van der Waals surface area (Å²) in [7, 11) is 0. The maximum atomic E-state index is 2.73. The maximum absolute atomic E-state index is 2.73. The number of rotatable bonds is 1. The van der Waals surface area contributed by atoms with Crippen LogP contribution in [0, 0.1) is 0 Å². The van der Waals surface area contributed by atoms with E-state index in [9.17, 15) is 0 Å². The molecular weight excluding hydrogens is 194 g/mol. The van der Waals surface area contributed by atoms with Crippen molar-refractivity contribution in [1.82, 2.24) is 0 Å². The van der Waals surface area contributed by atoms with E-state index in [1.807, 2.05) is 0 Å². The molecule has 0 saturated carbocycles. The van der Waals surface area contributed by atoms with E-state index in [2.05, 4.69) is 47.5 Å². The molecule has 0 aliphatic carbocycles. The van der Waals surface area contributed by atoms with Crippen molar-refractivity contribution in [3.63, 3.8) is 0 Å². The zero-order chi connectivity index (χ0) is 6.69. The first-order chi connectivity index (χ1) is 4.34. The summed E-state index contributed by atoms with van der Waals surface area (Å²) in [6.07, 6.45) is 1.12. The van der Waals surface area contributed by atoms with Gasteiger partial charge in [-0.2, -0.15) is 0 Å². The second-order valence-electron chi connectivity index (χ2n) is 2.05. The molecule has 11 heavy (non-hydrogen) atoms. The molecule has 0 fully saturated rings. The van der Waals surface area contributed by atoms with Crippen LogP contribution in [0.4, 0.5) is 0 Å². The SMILES string of the molecule is CCc1cccc[c]1[Al+2].[Cl-].[Cl-]. The third-order valence-corrected chi connectivity index (χ3v) is 2.00. The molecule has 0 aliphatic heterocycles. The molecule has 1 aromatic carbocycles. The molecular formula is C8H9AlCl2. The van der Waals surface area contributed by atoms with Crippen molar-refractivity contribution in [1.29, 1.82) is 0 Å². The molecule has 0 nitrogen and oxygen atoms in total. The normalized spacial score (nSPS) is 7.91. The van der Waals surface area contributed by atoms with Crippen LogP contribution in [0.25, 0.3) is 0 Å². The summed E-state index contributed by atoms with van der Waals surface area (Å²) in [5, 5.41) is 0. The Hall–Kier alpha value is 0.332. The summed E-state index contributed by atoms with van der Waals surface area (Å²) < 4.78 is 1.32. The van der Waals surface area contributed by atoms with Gasteiger partial charge in [0, 0.05) is 0 Å². The van der Waals surface area contributed by atoms with Crippen molar-refractivity contribution in [2.75, 3.05) is 0 Å². The predicted octanol–water partition coefficient (Wildman–Crippen LogP) is -4.95. The van der Waals surface area contributed by atoms with Crippen molar-refractivity contribution >= 4 is 20.7 Å². The topological polar surface area (TPSA) is 0 Å². The van der Waals surface area contributed by atoms with Gasteiger partial charge in [-0.05, 0) is 0 Å². The van der Waals surface area contributed by atoms with Crippen LogP contribution in [0.1, 0.15) is 12.5 Å². The number of aryl methyl sites for hydroxylation is 1. The Balaban J connectivity index is 0. The quantitative estimate of drug-likeness (QED) is 0.401. The second kappa shape index (κ2) is 7.01. The minimum Gasteiger partial charge on any atom is -1.00 e. The monoisotopic (exact) mass is 202 g/mol. The van der Waals surface area contributed by atoms with Gasteiger partial charge in [-0.15, -0.1) is 0 Å². The summed E-state index contributed by atoms with van der Waals surface area (Å²) in [6.45, 7) is 2.17. The third-order valence-electron chi connectivity index (χ3n) is 1.44. The van der Waals surface area contributed by atoms with E-state index in [-0.39, 0.29) is 24.8 Å². The van der Waals surface area contributed by atoms with Crippen LogP contribution < -0.4 is 29.2 Å². The number of benzene rings is 1. The molecule has 58 valence electrons. The zero-order valence-corrected chi connectivity index (χ0v) is 9.02. The van der Waals surface area contributed by atoms with E-state index in [0.29, 0.717) is 0 Å². The van der Waals surface area contributed by atoms with Gasteiger partial charge in [-0.25, -0.2) is 0 Å². The molecule has 3 heteroatoms. The number of hydrogen-bond acceptors (Lipinski definition) is 0. The Morgan fingerprint density at radius 2 is 1.73 bits per heavy atom. The fourth-order valence-corrected chi connectivity index (χ4v) is 1.27. The summed E-state index contributed by atoms with van der Waals surface area (Å²) in [5.74, 6) is 0. The minimum atomic E-state index is 0. The average molecular weight is 203 g/mol. The zero-order valence-electron chi connectivity index (χ0n) is 6.35. The fraction of sp³-hybridized carbons (Fsp3) is 0.250. The number of halogens is 2. The molecule has 0 radical (unpaired) electrons. The molecule has 0 N–H and O–H groups in total. The van der Waals surface area contributed by atoms with Crippen LogP contribution in [0.15, 0.2) is 24.3 Å². The molecule has 0 atom stereocenters. The van der Waals surface area contributed by atoms with Gasteiger partial charge in [-0.3, -0.25) is 0 Å². The second-order valence-corrected chi connectivity index (χ2v) is 2.67. The van der Waals surface area contributed by atoms with Gasteiger partial charge in [0.25, 0.3) is 0 Å². The van der Waals surface area contributed by atoms with E-state index in [1.54, 1.807) is 0 Å². The molecule has 0 amide bonds. The molecule has 0 aliphatic rings. The van der Waals surface area contributed by atoms with Crippen LogP contribution >= 0.6 is 0 Å². The number of hydrogen-bond donors (Lipinski definition) is 0. The van der Waals surface area contributed by atoms with Gasteiger partial charge < -0.3 is 24.8 Å². The van der Waals surface area contributed by atoms with Gasteiger partial charge in [-0.1, -0.05) is 0 Å². The molecule has 1 rings (SSSR count).